The molecule has 1 atom stereocenters. The van der Waals surface area contributed by atoms with Crippen molar-refractivity contribution in [3.05, 3.63) is 24.0 Å². The first-order valence-corrected chi connectivity index (χ1v) is 7.38. The number of rotatable bonds is 7. The second-order valence-electron chi connectivity index (χ2n) is 5.35. The normalized spacial score (nSPS) is 16.4. The summed E-state index contributed by atoms with van der Waals surface area (Å²) in [5.41, 5.74) is 6.73. The number of nitrogens with two attached hydrogens (primary N) is 1. The number of morpholine rings is 1. The lowest BCUT2D eigenvalue weighted by Gasteiger charge is -2.29. The Hall–Kier alpha value is -1.86. The standard InChI is InChI=1S/C15H22FN3O3/c16-13-8-12(18-10-11(9-17)7-15(20)21)1-2-14(13)19-3-5-22-6-4-19/h1-2,8,11,18H,3-7,9-10,17H2,(H,20,21)/t11-/m0/s1. The zero-order valence-electron chi connectivity index (χ0n) is 12.4. The molecule has 2 rings (SSSR count). The van der Waals surface area contributed by atoms with Crippen molar-refractivity contribution >= 4 is 17.3 Å². The van der Waals surface area contributed by atoms with Gasteiger partial charge in [0.05, 0.1) is 25.3 Å². The fraction of sp³-hybridized carbons (Fsp3) is 0.533. The number of nitrogens with one attached hydrogen (secondary N) is 1. The Morgan fingerprint density at radius 1 is 1.45 bits per heavy atom. The van der Waals surface area contributed by atoms with Crippen LogP contribution >= 0.6 is 0 Å². The lowest BCUT2D eigenvalue weighted by Crippen LogP contribution is -2.36. The molecule has 122 valence electrons. The van der Waals surface area contributed by atoms with Gasteiger partial charge in [-0.2, -0.15) is 0 Å². The van der Waals surface area contributed by atoms with Crippen LogP contribution in [0.15, 0.2) is 18.2 Å². The van der Waals surface area contributed by atoms with E-state index in [1.165, 1.54) is 6.07 Å². The smallest absolute Gasteiger partial charge is 0.303 e. The molecule has 1 aromatic carbocycles. The maximum Gasteiger partial charge on any atom is 0.303 e. The van der Waals surface area contributed by atoms with E-state index in [0.717, 1.165) is 0 Å². The highest BCUT2D eigenvalue weighted by Gasteiger charge is 2.16. The Kier molecular flexibility index (Phi) is 5.97. The van der Waals surface area contributed by atoms with Crippen molar-refractivity contribution in [2.24, 2.45) is 11.7 Å². The summed E-state index contributed by atoms with van der Waals surface area (Å²) in [4.78, 5) is 12.6. The summed E-state index contributed by atoms with van der Waals surface area (Å²) in [6.07, 6.45) is -0.00214. The van der Waals surface area contributed by atoms with Gasteiger partial charge >= 0.3 is 5.97 Å². The first kappa shape index (κ1) is 16.5. The van der Waals surface area contributed by atoms with Crippen LogP contribution in [0.5, 0.6) is 0 Å². The molecular weight excluding hydrogens is 289 g/mol. The molecule has 4 N–H and O–H groups in total. The van der Waals surface area contributed by atoms with Crippen LogP contribution in [-0.2, 0) is 9.53 Å². The third-order valence-corrected chi connectivity index (χ3v) is 3.69. The highest BCUT2D eigenvalue weighted by molar-refractivity contribution is 5.67. The lowest BCUT2D eigenvalue weighted by molar-refractivity contribution is -0.137. The van der Waals surface area contributed by atoms with Crippen LogP contribution in [-0.4, -0.2) is 50.5 Å². The molecule has 0 aromatic heterocycles. The Bertz CT molecular complexity index is 507. The molecule has 0 amide bonds. The zero-order chi connectivity index (χ0) is 15.9. The fourth-order valence-electron chi connectivity index (χ4n) is 2.43. The summed E-state index contributed by atoms with van der Waals surface area (Å²) in [5.74, 6) is -1.36. The monoisotopic (exact) mass is 311 g/mol. The van der Waals surface area contributed by atoms with Gasteiger partial charge in [-0.3, -0.25) is 4.79 Å². The second kappa shape index (κ2) is 7.95. The number of hydrogen-bond acceptors (Lipinski definition) is 5. The Morgan fingerprint density at radius 3 is 2.77 bits per heavy atom. The molecule has 7 heteroatoms. The fourth-order valence-corrected chi connectivity index (χ4v) is 2.43. The van der Waals surface area contributed by atoms with Gasteiger partial charge in [-0.05, 0) is 30.7 Å². The van der Waals surface area contributed by atoms with Gasteiger partial charge in [0, 0.05) is 25.3 Å². The Balaban J connectivity index is 1.95. The minimum absolute atomic E-state index is 0.00214. The third kappa shape index (κ3) is 4.57. The van der Waals surface area contributed by atoms with Gasteiger partial charge in [0.15, 0.2) is 0 Å². The van der Waals surface area contributed by atoms with Crippen molar-refractivity contribution in [3.8, 4) is 0 Å². The van der Waals surface area contributed by atoms with Crippen LogP contribution in [0.1, 0.15) is 6.42 Å². The van der Waals surface area contributed by atoms with Crippen molar-refractivity contribution in [3.63, 3.8) is 0 Å². The predicted molar refractivity (Wildman–Crippen MR) is 82.7 cm³/mol. The van der Waals surface area contributed by atoms with E-state index >= 15 is 0 Å². The van der Waals surface area contributed by atoms with E-state index in [1.807, 2.05) is 4.90 Å². The topological polar surface area (TPSA) is 87.8 Å². The number of carbonyl (C=O) groups is 1. The average Bonchev–Trinajstić information content (AvgIpc) is 2.52. The molecule has 1 aliphatic heterocycles. The molecule has 0 bridgehead atoms. The molecule has 0 radical (unpaired) electrons. The van der Waals surface area contributed by atoms with Gasteiger partial charge in [-0.1, -0.05) is 0 Å². The van der Waals surface area contributed by atoms with E-state index in [-0.39, 0.29) is 24.7 Å². The minimum atomic E-state index is -0.883. The van der Waals surface area contributed by atoms with Gasteiger partial charge in [0.1, 0.15) is 5.82 Å². The number of carboxylic acids is 1. The summed E-state index contributed by atoms with van der Waals surface area (Å²) >= 11 is 0. The van der Waals surface area contributed by atoms with Gasteiger partial charge < -0.3 is 25.8 Å². The molecule has 0 spiro atoms. The van der Waals surface area contributed by atoms with Crippen molar-refractivity contribution < 1.29 is 19.0 Å². The molecule has 1 saturated heterocycles. The van der Waals surface area contributed by atoms with Crippen LogP contribution in [0.3, 0.4) is 0 Å². The lowest BCUT2D eigenvalue weighted by atomic mass is 10.1. The van der Waals surface area contributed by atoms with Gasteiger partial charge in [-0.25, -0.2) is 4.39 Å². The number of carboxylic acid groups (broad SMARTS) is 1. The van der Waals surface area contributed by atoms with Gasteiger partial charge in [0.25, 0.3) is 0 Å². The number of aliphatic carboxylic acids is 1. The van der Waals surface area contributed by atoms with Crippen molar-refractivity contribution in [1.29, 1.82) is 0 Å². The van der Waals surface area contributed by atoms with Crippen LogP contribution < -0.4 is 16.0 Å². The summed E-state index contributed by atoms with van der Waals surface area (Å²) in [6.45, 7) is 3.24. The third-order valence-electron chi connectivity index (χ3n) is 3.69. The number of hydrogen-bond donors (Lipinski definition) is 3. The first-order valence-electron chi connectivity index (χ1n) is 7.38. The van der Waals surface area contributed by atoms with E-state index in [1.54, 1.807) is 12.1 Å². The molecule has 0 saturated carbocycles. The maximum atomic E-state index is 14.2. The zero-order valence-corrected chi connectivity index (χ0v) is 12.4. The van der Waals surface area contributed by atoms with Crippen molar-refractivity contribution in [2.45, 2.75) is 6.42 Å². The number of halogens is 1. The van der Waals surface area contributed by atoms with Crippen LogP contribution in [0, 0.1) is 11.7 Å². The van der Waals surface area contributed by atoms with Crippen molar-refractivity contribution in [2.75, 3.05) is 49.6 Å². The largest absolute Gasteiger partial charge is 0.481 e. The van der Waals surface area contributed by atoms with E-state index in [4.69, 9.17) is 15.6 Å². The highest BCUT2D eigenvalue weighted by atomic mass is 19.1. The number of anilines is 2. The quantitative estimate of drug-likeness (QED) is 0.699. The van der Waals surface area contributed by atoms with Crippen molar-refractivity contribution in [1.82, 2.24) is 0 Å². The SMILES string of the molecule is NC[C@@H](CNc1ccc(N2CCOCC2)c(F)c1)CC(=O)O. The molecule has 6 nitrogen and oxygen atoms in total. The van der Waals surface area contributed by atoms with E-state index < -0.39 is 5.97 Å². The predicted octanol–water partition coefficient (Wildman–Crippen LogP) is 1.12. The second-order valence-corrected chi connectivity index (χ2v) is 5.35. The van der Waals surface area contributed by atoms with Crippen LogP contribution in [0.4, 0.5) is 15.8 Å². The van der Waals surface area contributed by atoms with E-state index in [0.29, 0.717) is 44.2 Å². The molecule has 0 aliphatic carbocycles. The van der Waals surface area contributed by atoms with Crippen LogP contribution in [0.25, 0.3) is 0 Å². The average molecular weight is 311 g/mol. The Labute approximate surface area is 129 Å². The number of benzene rings is 1. The van der Waals surface area contributed by atoms with E-state index in [2.05, 4.69) is 5.32 Å². The summed E-state index contributed by atoms with van der Waals surface area (Å²) in [6, 6.07) is 4.96. The minimum Gasteiger partial charge on any atom is -0.481 e. The molecule has 22 heavy (non-hydrogen) atoms. The summed E-state index contributed by atoms with van der Waals surface area (Å²) in [5, 5.41) is 11.8. The first-order chi connectivity index (χ1) is 10.6. The number of ether oxygens (including phenoxy) is 1. The molecule has 0 unspecified atom stereocenters. The number of nitrogens with zero attached hydrogens (tertiary/aromatic N) is 1. The molecule has 1 fully saturated rings. The molecule has 1 aromatic rings. The van der Waals surface area contributed by atoms with Gasteiger partial charge in [0.2, 0.25) is 0 Å². The molecular formula is C15H22FN3O3. The molecule has 1 heterocycles. The van der Waals surface area contributed by atoms with Crippen LogP contribution in [0.2, 0.25) is 0 Å². The maximum absolute atomic E-state index is 14.2. The summed E-state index contributed by atoms with van der Waals surface area (Å²) in [7, 11) is 0. The highest BCUT2D eigenvalue weighted by Crippen LogP contribution is 2.24. The summed E-state index contributed by atoms with van der Waals surface area (Å²) < 4.78 is 19.5. The Morgan fingerprint density at radius 2 is 2.18 bits per heavy atom. The van der Waals surface area contributed by atoms with Gasteiger partial charge in [-0.15, -0.1) is 0 Å². The van der Waals surface area contributed by atoms with E-state index in [9.17, 15) is 9.18 Å². The molecule has 1 aliphatic rings.